The Bertz CT molecular complexity index is 780. The highest BCUT2D eigenvalue weighted by atomic mass is 16.5. The van der Waals surface area contributed by atoms with Crippen molar-refractivity contribution < 1.29 is 4.52 Å². The largest absolute Gasteiger partial charge is 0.339 e. The van der Waals surface area contributed by atoms with Crippen LogP contribution in [0, 0.1) is 0 Å². The fraction of sp³-hybridized carbons (Fsp3) is 0.353. The van der Waals surface area contributed by atoms with E-state index < -0.39 is 0 Å². The van der Waals surface area contributed by atoms with E-state index in [4.69, 9.17) is 10.3 Å². The molecule has 1 fully saturated rings. The van der Waals surface area contributed by atoms with Crippen LogP contribution in [-0.4, -0.2) is 26.0 Å². The lowest BCUT2D eigenvalue weighted by Crippen LogP contribution is -2.31. The molecule has 1 aliphatic rings. The second-order valence-electron chi connectivity index (χ2n) is 5.98. The molecule has 0 spiro atoms. The van der Waals surface area contributed by atoms with Gasteiger partial charge < -0.3 is 10.3 Å². The highest BCUT2D eigenvalue weighted by Gasteiger charge is 2.28. The molecule has 23 heavy (non-hydrogen) atoms. The standard InChI is InChI=1S/C17H19N5O/c18-14-8-3-1-6-12(14)17-20-16(21-23-17)13-7-2-4-9-15(13)22-11-5-10-19-22/h2,4-5,7,9-12,14H,1,3,6,8,18H2/t12-,14+/m0/s1. The number of nitrogens with two attached hydrogens (primary N) is 1. The average molecular weight is 309 g/mol. The minimum Gasteiger partial charge on any atom is -0.339 e. The molecule has 6 heteroatoms. The summed E-state index contributed by atoms with van der Waals surface area (Å²) in [5, 5.41) is 8.48. The fourth-order valence-electron chi connectivity index (χ4n) is 3.24. The Labute approximate surface area is 134 Å². The van der Waals surface area contributed by atoms with Crippen LogP contribution in [0.4, 0.5) is 0 Å². The van der Waals surface area contributed by atoms with E-state index in [0.29, 0.717) is 11.7 Å². The maximum atomic E-state index is 6.22. The van der Waals surface area contributed by atoms with Gasteiger partial charge in [0.05, 0.1) is 11.6 Å². The molecule has 1 aliphatic carbocycles. The molecule has 3 aromatic rings. The molecule has 2 aromatic heterocycles. The first-order chi connectivity index (χ1) is 11.3. The second-order valence-corrected chi connectivity index (χ2v) is 5.98. The number of hydrogen-bond acceptors (Lipinski definition) is 5. The molecular weight excluding hydrogens is 290 g/mol. The Morgan fingerprint density at radius 1 is 1.13 bits per heavy atom. The number of para-hydroxylation sites is 1. The zero-order valence-electron chi connectivity index (χ0n) is 12.8. The van der Waals surface area contributed by atoms with Crippen LogP contribution in [-0.2, 0) is 0 Å². The Hall–Kier alpha value is -2.47. The van der Waals surface area contributed by atoms with Crippen molar-refractivity contribution in [3.05, 3.63) is 48.6 Å². The lowest BCUT2D eigenvalue weighted by atomic mass is 9.85. The quantitative estimate of drug-likeness (QED) is 0.804. The summed E-state index contributed by atoms with van der Waals surface area (Å²) < 4.78 is 7.33. The van der Waals surface area contributed by atoms with Gasteiger partial charge in [-0.15, -0.1) is 0 Å². The molecule has 1 saturated carbocycles. The summed E-state index contributed by atoms with van der Waals surface area (Å²) in [7, 11) is 0. The van der Waals surface area contributed by atoms with Gasteiger partial charge in [-0.25, -0.2) is 4.68 Å². The number of benzene rings is 1. The van der Waals surface area contributed by atoms with Gasteiger partial charge in [-0.05, 0) is 31.0 Å². The molecule has 0 amide bonds. The average Bonchev–Trinajstić information content (AvgIpc) is 3.27. The molecule has 2 atom stereocenters. The first kappa shape index (κ1) is 14.1. The summed E-state index contributed by atoms with van der Waals surface area (Å²) in [5.41, 5.74) is 8.05. The van der Waals surface area contributed by atoms with Crippen LogP contribution < -0.4 is 5.73 Å². The third kappa shape index (κ3) is 2.66. The lowest BCUT2D eigenvalue weighted by Gasteiger charge is -2.25. The highest BCUT2D eigenvalue weighted by molar-refractivity contribution is 5.66. The summed E-state index contributed by atoms with van der Waals surface area (Å²) in [4.78, 5) is 4.63. The summed E-state index contributed by atoms with van der Waals surface area (Å²) in [6.45, 7) is 0. The van der Waals surface area contributed by atoms with Crippen molar-refractivity contribution in [2.24, 2.45) is 5.73 Å². The number of aromatic nitrogens is 4. The predicted octanol–water partition coefficient (Wildman–Crippen LogP) is 2.91. The van der Waals surface area contributed by atoms with E-state index in [1.807, 2.05) is 36.5 Å². The topological polar surface area (TPSA) is 82.8 Å². The van der Waals surface area contributed by atoms with Crippen molar-refractivity contribution >= 4 is 0 Å². The lowest BCUT2D eigenvalue weighted by molar-refractivity contribution is 0.290. The van der Waals surface area contributed by atoms with Crippen molar-refractivity contribution in [3.8, 4) is 17.1 Å². The first-order valence-electron chi connectivity index (χ1n) is 8.01. The Morgan fingerprint density at radius 3 is 2.83 bits per heavy atom. The van der Waals surface area contributed by atoms with Crippen LogP contribution in [0.1, 0.15) is 37.5 Å². The van der Waals surface area contributed by atoms with Crippen molar-refractivity contribution in [2.45, 2.75) is 37.6 Å². The molecule has 118 valence electrons. The van der Waals surface area contributed by atoms with Crippen molar-refractivity contribution in [2.75, 3.05) is 0 Å². The number of nitrogens with zero attached hydrogens (tertiary/aromatic N) is 4. The summed E-state index contributed by atoms with van der Waals surface area (Å²) >= 11 is 0. The summed E-state index contributed by atoms with van der Waals surface area (Å²) in [6, 6.07) is 9.90. The van der Waals surface area contributed by atoms with Crippen LogP contribution in [0.15, 0.2) is 47.2 Å². The monoisotopic (exact) mass is 309 g/mol. The Balaban J connectivity index is 1.70. The molecule has 0 radical (unpaired) electrons. The van der Waals surface area contributed by atoms with Gasteiger partial charge in [-0.2, -0.15) is 10.1 Å². The second kappa shape index (κ2) is 5.96. The van der Waals surface area contributed by atoms with Crippen molar-refractivity contribution in [1.29, 1.82) is 0 Å². The third-order valence-electron chi connectivity index (χ3n) is 4.47. The van der Waals surface area contributed by atoms with Crippen LogP contribution in [0.3, 0.4) is 0 Å². The van der Waals surface area contributed by atoms with E-state index in [1.54, 1.807) is 10.9 Å². The molecule has 4 rings (SSSR count). The van der Waals surface area contributed by atoms with Gasteiger partial charge in [0, 0.05) is 24.0 Å². The first-order valence-corrected chi connectivity index (χ1v) is 8.01. The molecule has 1 aromatic carbocycles. The molecular formula is C17H19N5O. The van der Waals surface area contributed by atoms with Gasteiger partial charge in [0.25, 0.3) is 0 Å². The van der Waals surface area contributed by atoms with Crippen LogP contribution in [0.2, 0.25) is 0 Å². The number of rotatable bonds is 3. The molecule has 0 aliphatic heterocycles. The van der Waals surface area contributed by atoms with Gasteiger partial charge in [0.2, 0.25) is 11.7 Å². The van der Waals surface area contributed by atoms with Crippen LogP contribution in [0.5, 0.6) is 0 Å². The van der Waals surface area contributed by atoms with E-state index in [9.17, 15) is 0 Å². The summed E-state index contributed by atoms with van der Waals surface area (Å²) in [6.07, 6.45) is 8.03. The SMILES string of the molecule is N[C@@H]1CCCC[C@@H]1c1nc(-c2ccccc2-n2cccn2)no1. The van der Waals surface area contributed by atoms with Gasteiger partial charge in [-0.3, -0.25) is 0 Å². The maximum Gasteiger partial charge on any atom is 0.231 e. The zero-order valence-corrected chi connectivity index (χ0v) is 12.8. The minimum absolute atomic E-state index is 0.110. The number of hydrogen-bond donors (Lipinski definition) is 1. The van der Waals surface area contributed by atoms with Gasteiger partial charge in [0.15, 0.2) is 0 Å². The van der Waals surface area contributed by atoms with Crippen molar-refractivity contribution in [3.63, 3.8) is 0 Å². The van der Waals surface area contributed by atoms with E-state index >= 15 is 0 Å². The summed E-state index contributed by atoms with van der Waals surface area (Å²) in [5.74, 6) is 1.41. The molecule has 0 bridgehead atoms. The van der Waals surface area contributed by atoms with Gasteiger partial charge in [-0.1, -0.05) is 30.1 Å². The molecule has 2 heterocycles. The van der Waals surface area contributed by atoms with Crippen LogP contribution >= 0.6 is 0 Å². The third-order valence-corrected chi connectivity index (χ3v) is 4.47. The minimum atomic E-state index is 0.110. The molecule has 6 nitrogen and oxygen atoms in total. The van der Waals surface area contributed by atoms with E-state index in [-0.39, 0.29) is 12.0 Å². The van der Waals surface area contributed by atoms with Gasteiger partial charge in [0.1, 0.15) is 0 Å². The predicted molar refractivity (Wildman–Crippen MR) is 86.0 cm³/mol. The maximum absolute atomic E-state index is 6.22. The normalized spacial score (nSPS) is 21.4. The fourth-order valence-corrected chi connectivity index (χ4v) is 3.24. The zero-order chi connectivity index (χ0) is 15.6. The molecule has 0 saturated heterocycles. The van der Waals surface area contributed by atoms with E-state index in [0.717, 1.165) is 24.1 Å². The van der Waals surface area contributed by atoms with Crippen LogP contribution in [0.25, 0.3) is 17.1 Å². The highest BCUT2D eigenvalue weighted by Crippen LogP contribution is 2.32. The Kier molecular flexibility index (Phi) is 3.67. The molecule has 2 N–H and O–H groups in total. The van der Waals surface area contributed by atoms with Crippen molar-refractivity contribution in [1.82, 2.24) is 19.9 Å². The van der Waals surface area contributed by atoms with Gasteiger partial charge >= 0.3 is 0 Å². The molecule has 0 unspecified atom stereocenters. The van der Waals surface area contributed by atoms with E-state index in [1.165, 1.54) is 12.8 Å². The smallest absolute Gasteiger partial charge is 0.231 e. The van der Waals surface area contributed by atoms with E-state index in [2.05, 4.69) is 15.2 Å². The Morgan fingerprint density at radius 2 is 2.00 bits per heavy atom.